The molecule has 0 spiro atoms. The van der Waals surface area contributed by atoms with E-state index in [-0.39, 0.29) is 12.5 Å². The van der Waals surface area contributed by atoms with Crippen LogP contribution in [0, 0.1) is 0 Å². The fourth-order valence-corrected chi connectivity index (χ4v) is 2.04. The van der Waals surface area contributed by atoms with Gasteiger partial charge in [-0.3, -0.25) is 9.59 Å². The lowest BCUT2D eigenvalue weighted by Gasteiger charge is -2.37. The zero-order chi connectivity index (χ0) is 14.6. The van der Waals surface area contributed by atoms with Crippen molar-refractivity contribution in [3.63, 3.8) is 0 Å². The van der Waals surface area contributed by atoms with Gasteiger partial charge in [-0.15, -0.1) is 0 Å². The molecule has 5 nitrogen and oxygen atoms in total. The summed E-state index contributed by atoms with van der Waals surface area (Å²) in [5.41, 5.74) is 5.16. The zero-order valence-electron chi connectivity index (χ0n) is 11.4. The van der Waals surface area contributed by atoms with E-state index < -0.39 is 11.5 Å². The van der Waals surface area contributed by atoms with Crippen LogP contribution in [0.1, 0.15) is 12.5 Å². The molecule has 1 heterocycles. The Morgan fingerprint density at radius 1 is 1.35 bits per heavy atom. The molecule has 0 bridgehead atoms. The van der Waals surface area contributed by atoms with Crippen molar-refractivity contribution in [2.24, 2.45) is 5.73 Å². The van der Waals surface area contributed by atoms with Crippen molar-refractivity contribution >= 4 is 17.9 Å². The molecule has 106 valence electrons. The fraction of sp³-hybridized carbons (Fsp3) is 0.333. The highest BCUT2D eigenvalue weighted by Crippen LogP contribution is 2.17. The van der Waals surface area contributed by atoms with Gasteiger partial charge in [0, 0.05) is 12.6 Å². The maximum atomic E-state index is 12.1. The summed E-state index contributed by atoms with van der Waals surface area (Å²) in [5.74, 6) is -0.702. The minimum Gasteiger partial charge on any atom is -0.367 e. The number of rotatable bonds is 3. The lowest BCUT2D eigenvalue weighted by Crippen LogP contribution is -2.58. The molecule has 2 rings (SSSR count). The molecule has 1 aliphatic heterocycles. The molecule has 1 aromatic rings. The van der Waals surface area contributed by atoms with Crippen LogP contribution in [0.15, 0.2) is 36.4 Å². The van der Waals surface area contributed by atoms with Crippen LogP contribution in [0.5, 0.6) is 0 Å². The molecular weight excluding hydrogens is 256 g/mol. The van der Waals surface area contributed by atoms with Crippen LogP contribution >= 0.6 is 0 Å². The summed E-state index contributed by atoms with van der Waals surface area (Å²) in [6.07, 6.45) is 3.25. The number of hydrogen-bond donors (Lipinski definition) is 1. The number of hydrogen-bond acceptors (Lipinski definition) is 3. The first-order valence-electron chi connectivity index (χ1n) is 6.47. The second kappa shape index (κ2) is 5.88. The van der Waals surface area contributed by atoms with Crippen molar-refractivity contribution in [3.05, 3.63) is 42.0 Å². The van der Waals surface area contributed by atoms with Crippen LogP contribution in [-0.4, -0.2) is 42.0 Å². The first kappa shape index (κ1) is 14.3. The predicted molar refractivity (Wildman–Crippen MR) is 75.6 cm³/mol. The Hall–Kier alpha value is -2.14. The van der Waals surface area contributed by atoms with Crippen LogP contribution in [0.2, 0.25) is 0 Å². The lowest BCUT2D eigenvalue weighted by atomic mass is 10.0. The van der Waals surface area contributed by atoms with Gasteiger partial charge in [0.2, 0.25) is 5.91 Å². The minimum absolute atomic E-state index is 0.148. The summed E-state index contributed by atoms with van der Waals surface area (Å²) < 4.78 is 5.38. The van der Waals surface area contributed by atoms with Crippen molar-refractivity contribution in [2.75, 3.05) is 19.7 Å². The molecule has 1 aromatic carbocycles. The van der Waals surface area contributed by atoms with Gasteiger partial charge in [0.05, 0.1) is 13.2 Å². The highest BCUT2D eigenvalue weighted by molar-refractivity contribution is 5.93. The van der Waals surface area contributed by atoms with E-state index in [1.54, 1.807) is 17.9 Å². The zero-order valence-corrected chi connectivity index (χ0v) is 11.4. The number of carbonyl (C=O) groups is 2. The van der Waals surface area contributed by atoms with E-state index in [0.29, 0.717) is 13.2 Å². The van der Waals surface area contributed by atoms with Gasteiger partial charge in [0.25, 0.3) is 5.91 Å². The van der Waals surface area contributed by atoms with Crippen molar-refractivity contribution in [2.45, 2.75) is 12.5 Å². The molecule has 0 saturated carbocycles. The predicted octanol–water partition coefficient (Wildman–Crippen LogP) is 0.803. The lowest BCUT2D eigenvalue weighted by molar-refractivity contribution is -0.158. The van der Waals surface area contributed by atoms with E-state index in [1.807, 2.05) is 30.3 Å². The highest BCUT2D eigenvalue weighted by Gasteiger charge is 2.38. The van der Waals surface area contributed by atoms with Gasteiger partial charge in [-0.2, -0.15) is 0 Å². The van der Waals surface area contributed by atoms with Gasteiger partial charge in [0.15, 0.2) is 5.60 Å². The Morgan fingerprint density at radius 3 is 2.70 bits per heavy atom. The molecule has 1 aliphatic rings. The molecule has 0 aromatic heterocycles. The molecular formula is C15H18N2O3. The number of carbonyl (C=O) groups excluding carboxylic acids is 2. The van der Waals surface area contributed by atoms with Gasteiger partial charge in [-0.25, -0.2) is 0 Å². The van der Waals surface area contributed by atoms with Crippen molar-refractivity contribution in [1.29, 1.82) is 0 Å². The third-order valence-corrected chi connectivity index (χ3v) is 3.33. The van der Waals surface area contributed by atoms with E-state index in [0.717, 1.165) is 5.56 Å². The summed E-state index contributed by atoms with van der Waals surface area (Å²) in [4.78, 5) is 25.1. The number of morpholine rings is 1. The third-order valence-electron chi connectivity index (χ3n) is 3.33. The SMILES string of the molecule is C[C@@]1(C(N)=O)CN(C(=O)/C=C/c2ccccc2)CCO1. The summed E-state index contributed by atoms with van der Waals surface area (Å²) >= 11 is 0. The van der Waals surface area contributed by atoms with Crippen molar-refractivity contribution in [3.8, 4) is 0 Å². The highest BCUT2D eigenvalue weighted by atomic mass is 16.5. The second-order valence-electron chi connectivity index (χ2n) is 4.95. The molecule has 1 atom stereocenters. The molecule has 1 fully saturated rings. The molecule has 2 amide bonds. The van der Waals surface area contributed by atoms with Crippen LogP contribution in [-0.2, 0) is 14.3 Å². The number of amides is 2. The largest absolute Gasteiger partial charge is 0.367 e. The number of ether oxygens (including phenoxy) is 1. The number of benzene rings is 1. The average molecular weight is 274 g/mol. The van der Waals surface area contributed by atoms with E-state index in [4.69, 9.17) is 10.5 Å². The summed E-state index contributed by atoms with van der Waals surface area (Å²) in [5, 5.41) is 0. The fourth-order valence-electron chi connectivity index (χ4n) is 2.04. The molecule has 1 saturated heterocycles. The Labute approximate surface area is 118 Å². The van der Waals surface area contributed by atoms with Crippen LogP contribution in [0.4, 0.5) is 0 Å². The van der Waals surface area contributed by atoms with Crippen molar-refractivity contribution < 1.29 is 14.3 Å². The third kappa shape index (κ3) is 3.24. The monoisotopic (exact) mass is 274 g/mol. The van der Waals surface area contributed by atoms with Gasteiger partial charge in [-0.1, -0.05) is 30.3 Å². The normalized spacial score (nSPS) is 22.9. The van der Waals surface area contributed by atoms with E-state index >= 15 is 0 Å². The topological polar surface area (TPSA) is 72.6 Å². The minimum atomic E-state index is -1.10. The molecule has 0 radical (unpaired) electrons. The van der Waals surface area contributed by atoms with Gasteiger partial charge in [-0.05, 0) is 18.6 Å². The quantitative estimate of drug-likeness (QED) is 0.829. The Morgan fingerprint density at radius 2 is 2.05 bits per heavy atom. The van der Waals surface area contributed by atoms with Gasteiger partial charge >= 0.3 is 0 Å². The van der Waals surface area contributed by atoms with Crippen LogP contribution < -0.4 is 5.73 Å². The summed E-state index contributed by atoms with van der Waals surface area (Å²) in [6, 6.07) is 9.55. The van der Waals surface area contributed by atoms with Gasteiger partial charge in [0.1, 0.15) is 0 Å². The molecule has 20 heavy (non-hydrogen) atoms. The summed E-state index contributed by atoms with van der Waals surface area (Å²) in [7, 11) is 0. The van der Waals surface area contributed by atoms with Crippen LogP contribution in [0.25, 0.3) is 6.08 Å². The smallest absolute Gasteiger partial charge is 0.251 e. The summed E-state index contributed by atoms with van der Waals surface area (Å²) in [6.45, 7) is 2.56. The Balaban J connectivity index is 2.03. The van der Waals surface area contributed by atoms with Gasteiger partial charge < -0.3 is 15.4 Å². The van der Waals surface area contributed by atoms with Crippen molar-refractivity contribution in [1.82, 2.24) is 4.90 Å². The van der Waals surface area contributed by atoms with E-state index in [1.165, 1.54) is 6.08 Å². The van der Waals surface area contributed by atoms with Crippen LogP contribution in [0.3, 0.4) is 0 Å². The van der Waals surface area contributed by atoms with E-state index in [9.17, 15) is 9.59 Å². The van der Waals surface area contributed by atoms with E-state index in [2.05, 4.69) is 0 Å². The average Bonchev–Trinajstić information content (AvgIpc) is 2.46. The maximum Gasteiger partial charge on any atom is 0.251 e. The number of nitrogens with zero attached hydrogens (tertiary/aromatic N) is 1. The first-order chi connectivity index (χ1) is 9.51. The Kier molecular flexibility index (Phi) is 4.20. The maximum absolute atomic E-state index is 12.1. The molecule has 2 N–H and O–H groups in total. The molecule has 0 aliphatic carbocycles. The number of nitrogens with two attached hydrogens (primary N) is 1. The first-order valence-corrected chi connectivity index (χ1v) is 6.47. The number of primary amides is 1. The second-order valence-corrected chi connectivity index (χ2v) is 4.95. The molecule has 5 heteroatoms. The Bertz CT molecular complexity index is 527. The standard InChI is InChI=1S/C15H18N2O3/c1-15(14(16)19)11-17(9-10-20-15)13(18)8-7-12-5-3-2-4-6-12/h2-8H,9-11H2,1H3,(H2,16,19)/b8-7+/t15-/m0/s1. The molecule has 0 unspecified atom stereocenters.